The van der Waals surface area contributed by atoms with E-state index in [-0.39, 0.29) is 17.9 Å². The topological polar surface area (TPSA) is 55.8 Å². The van der Waals surface area contributed by atoms with Crippen molar-refractivity contribution < 1.29 is 19.1 Å². The Kier molecular flexibility index (Phi) is 5.16. The number of hydrogen-bond donors (Lipinski definition) is 0. The van der Waals surface area contributed by atoms with Gasteiger partial charge in [-0.25, -0.2) is 9.59 Å². The largest absolute Gasteiger partial charge is 0.427 e. The molecule has 0 atom stereocenters. The Morgan fingerprint density at radius 1 is 1.24 bits per heavy atom. The third kappa shape index (κ3) is 3.99. The molecule has 0 N–H and O–H groups in total. The fraction of sp³-hybridized carbons (Fsp3) is 0.300. The summed E-state index contributed by atoms with van der Waals surface area (Å²) in [5.74, 6) is -0.275. The van der Waals surface area contributed by atoms with Crippen LogP contribution in [0, 0.1) is 0 Å². The minimum absolute atomic E-state index is 0.220. The molecule has 25 heavy (non-hydrogen) atoms. The highest BCUT2D eigenvalue weighted by molar-refractivity contribution is 5.87. The minimum Gasteiger partial charge on any atom is -0.427 e. The summed E-state index contributed by atoms with van der Waals surface area (Å²) in [7, 11) is 0. The lowest BCUT2D eigenvalue weighted by Gasteiger charge is -2.33. The van der Waals surface area contributed by atoms with Crippen LogP contribution in [0.25, 0.3) is 5.57 Å². The van der Waals surface area contributed by atoms with Crippen LogP contribution in [0.2, 0.25) is 0 Å². The van der Waals surface area contributed by atoms with Gasteiger partial charge >= 0.3 is 12.1 Å². The minimum atomic E-state index is -0.585. The molecular formula is C20H23NO4. The van der Waals surface area contributed by atoms with Crippen LogP contribution < -0.4 is 0 Å². The summed E-state index contributed by atoms with van der Waals surface area (Å²) in [6, 6.07) is 7.90. The first-order valence-electron chi connectivity index (χ1n) is 7.94. The van der Waals surface area contributed by atoms with E-state index < -0.39 is 17.6 Å². The molecule has 0 spiro atoms. The molecule has 0 bridgehead atoms. The number of benzene rings is 1. The molecule has 1 aliphatic rings. The summed E-state index contributed by atoms with van der Waals surface area (Å²) < 4.78 is 10.1. The summed E-state index contributed by atoms with van der Waals surface area (Å²) in [5, 5.41) is 0. The summed E-state index contributed by atoms with van der Waals surface area (Å²) in [5.41, 5.74) is 2.69. The number of esters is 1. The maximum absolute atomic E-state index is 12.2. The van der Waals surface area contributed by atoms with Gasteiger partial charge in [-0.2, -0.15) is 0 Å². The Bertz CT molecular complexity index is 756. The number of cyclic esters (lactones) is 1. The van der Waals surface area contributed by atoms with E-state index >= 15 is 0 Å². The zero-order valence-corrected chi connectivity index (χ0v) is 15.1. The lowest BCUT2D eigenvalue weighted by Crippen LogP contribution is -2.42. The molecule has 5 heteroatoms. The first-order chi connectivity index (χ1) is 11.6. The lowest BCUT2D eigenvalue weighted by atomic mass is 9.91. The Balaban J connectivity index is 2.17. The normalized spacial score (nSPS) is 15.9. The fourth-order valence-electron chi connectivity index (χ4n) is 2.45. The number of rotatable bonds is 5. The van der Waals surface area contributed by atoms with Gasteiger partial charge in [-0.1, -0.05) is 43.0 Å². The van der Waals surface area contributed by atoms with Crippen LogP contribution in [0.15, 0.2) is 55.0 Å². The number of allylic oxidation sites excluding steroid dienone is 1. The lowest BCUT2D eigenvalue weighted by molar-refractivity contribution is -0.133. The molecule has 1 heterocycles. The third-order valence-electron chi connectivity index (χ3n) is 4.16. The molecule has 0 unspecified atom stereocenters. The quantitative estimate of drug-likeness (QED) is 0.453. The van der Waals surface area contributed by atoms with Gasteiger partial charge in [-0.05, 0) is 38.8 Å². The summed E-state index contributed by atoms with van der Waals surface area (Å²) in [6.07, 6.45) is 0.682. The molecule has 1 amide bonds. The monoisotopic (exact) mass is 341 g/mol. The first-order valence-corrected chi connectivity index (χ1v) is 7.94. The number of ether oxygens (including phenoxy) is 2. The molecule has 1 aromatic carbocycles. The van der Waals surface area contributed by atoms with Crippen LogP contribution in [0.4, 0.5) is 4.79 Å². The average molecular weight is 341 g/mol. The van der Waals surface area contributed by atoms with Crippen molar-refractivity contribution in [2.75, 3.05) is 6.54 Å². The van der Waals surface area contributed by atoms with Crippen LogP contribution in [0.1, 0.15) is 38.8 Å². The second-order valence-electron chi connectivity index (χ2n) is 6.64. The van der Waals surface area contributed by atoms with Crippen LogP contribution in [0.5, 0.6) is 0 Å². The second kappa shape index (κ2) is 6.97. The highest BCUT2D eigenvalue weighted by Gasteiger charge is 2.39. The smallest absolute Gasteiger partial charge is 0.416 e. The molecule has 0 aliphatic carbocycles. The Hall–Kier alpha value is -2.82. The van der Waals surface area contributed by atoms with Crippen molar-refractivity contribution in [1.82, 2.24) is 4.90 Å². The summed E-state index contributed by atoms with van der Waals surface area (Å²) in [6.45, 7) is 15.0. The van der Waals surface area contributed by atoms with Crippen LogP contribution in [-0.2, 0) is 19.8 Å². The number of carbonyl (C=O) groups is 2. The molecule has 0 radical (unpaired) electrons. The molecular weight excluding hydrogens is 318 g/mol. The van der Waals surface area contributed by atoms with Crippen molar-refractivity contribution in [1.29, 1.82) is 0 Å². The van der Waals surface area contributed by atoms with Gasteiger partial charge in [0.25, 0.3) is 0 Å². The van der Waals surface area contributed by atoms with Crippen molar-refractivity contribution >= 4 is 17.6 Å². The number of carbonyl (C=O) groups excluding carboxylic acids is 2. The average Bonchev–Trinajstić information content (AvgIpc) is 2.94. The number of hydrogen-bond acceptors (Lipinski definition) is 4. The summed E-state index contributed by atoms with van der Waals surface area (Å²) >= 11 is 0. The van der Waals surface area contributed by atoms with Gasteiger partial charge in [0.15, 0.2) is 5.76 Å². The molecule has 1 fully saturated rings. The van der Waals surface area contributed by atoms with Gasteiger partial charge in [0.05, 0.1) is 12.1 Å². The Labute approximate surface area is 148 Å². The molecule has 1 aliphatic heterocycles. The van der Waals surface area contributed by atoms with Crippen molar-refractivity contribution in [3.05, 3.63) is 66.1 Å². The Morgan fingerprint density at radius 2 is 1.84 bits per heavy atom. The standard InChI is InChI=1S/C20H23NO4/c1-13(2)15-7-9-16(10-8-15)20(5,6)21-11-17(25-19(21)23)12-24-18(22)14(3)4/h7-10,12H,1,3,11H2,2,4-6H3. The van der Waals surface area contributed by atoms with Crippen molar-refractivity contribution in [3.63, 3.8) is 0 Å². The van der Waals surface area contributed by atoms with E-state index in [4.69, 9.17) is 9.47 Å². The van der Waals surface area contributed by atoms with E-state index in [1.807, 2.05) is 45.0 Å². The van der Waals surface area contributed by atoms with E-state index in [9.17, 15) is 9.59 Å². The van der Waals surface area contributed by atoms with E-state index in [2.05, 4.69) is 13.2 Å². The predicted molar refractivity (Wildman–Crippen MR) is 96.4 cm³/mol. The zero-order chi connectivity index (χ0) is 18.8. The highest BCUT2D eigenvalue weighted by Crippen LogP contribution is 2.33. The molecule has 0 aromatic heterocycles. The van der Waals surface area contributed by atoms with Crippen LogP contribution in [-0.4, -0.2) is 23.5 Å². The van der Waals surface area contributed by atoms with Crippen molar-refractivity contribution in [2.24, 2.45) is 0 Å². The van der Waals surface area contributed by atoms with E-state index in [1.54, 1.807) is 11.8 Å². The van der Waals surface area contributed by atoms with Gasteiger partial charge in [-0.15, -0.1) is 0 Å². The van der Waals surface area contributed by atoms with Crippen LogP contribution in [0.3, 0.4) is 0 Å². The fourth-order valence-corrected chi connectivity index (χ4v) is 2.45. The van der Waals surface area contributed by atoms with Gasteiger partial charge in [-0.3, -0.25) is 4.90 Å². The number of amides is 1. The van der Waals surface area contributed by atoms with Gasteiger partial charge in [0, 0.05) is 5.57 Å². The van der Waals surface area contributed by atoms with E-state index in [0.717, 1.165) is 23.0 Å². The maximum atomic E-state index is 12.2. The molecule has 1 saturated heterocycles. The van der Waals surface area contributed by atoms with Gasteiger partial charge in [0.1, 0.15) is 6.26 Å². The van der Waals surface area contributed by atoms with Crippen molar-refractivity contribution in [2.45, 2.75) is 33.2 Å². The Morgan fingerprint density at radius 3 is 2.36 bits per heavy atom. The maximum Gasteiger partial charge on any atom is 0.416 e. The van der Waals surface area contributed by atoms with Gasteiger partial charge in [0.2, 0.25) is 0 Å². The molecule has 5 nitrogen and oxygen atoms in total. The number of nitrogens with zero attached hydrogens (tertiary/aromatic N) is 1. The molecule has 2 rings (SSSR count). The molecule has 132 valence electrons. The van der Waals surface area contributed by atoms with E-state index in [1.165, 1.54) is 0 Å². The van der Waals surface area contributed by atoms with Crippen LogP contribution >= 0.6 is 0 Å². The first kappa shape index (κ1) is 18.5. The third-order valence-corrected chi connectivity index (χ3v) is 4.16. The molecule has 0 saturated carbocycles. The van der Waals surface area contributed by atoms with Gasteiger partial charge < -0.3 is 9.47 Å². The van der Waals surface area contributed by atoms with Crippen molar-refractivity contribution in [3.8, 4) is 0 Å². The molecule has 1 aromatic rings. The predicted octanol–water partition coefficient (Wildman–Crippen LogP) is 4.37. The summed E-state index contributed by atoms with van der Waals surface area (Å²) in [4.78, 5) is 25.3. The SMILES string of the molecule is C=C(C)C(=O)OC=C1CN(C(C)(C)c2ccc(C(=C)C)cc2)C(=O)O1. The van der Waals surface area contributed by atoms with E-state index in [0.29, 0.717) is 0 Å². The highest BCUT2D eigenvalue weighted by atomic mass is 16.6. The second-order valence-corrected chi connectivity index (χ2v) is 6.64. The zero-order valence-electron chi connectivity index (χ0n) is 15.1.